The lowest BCUT2D eigenvalue weighted by molar-refractivity contribution is -0.384. The van der Waals surface area contributed by atoms with Gasteiger partial charge in [-0.1, -0.05) is 0 Å². The molecule has 0 aliphatic carbocycles. The third kappa shape index (κ3) is 5.15. The maximum atomic E-state index is 10.7. The first-order chi connectivity index (χ1) is 15.1. The van der Waals surface area contributed by atoms with Crippen LogP contribution in [0.15, 0.2) is 24.3 Å². The van der Waals surface area contributed by atoms with Crippen LogP contribution in [0, 0.1) is 10.1 Å². The summed E-state index contributed by atoms with van der Waals surface area (Å²) in [6.45, 7) is -1.17. The fourth-order valence-electron chi connectivity index (χ4n) is 3.33. The molecular formula is C18H25NO13. The molecule has 1 aromatic rings. The van der Waals surface area contributed by atoms with Crippen molar-refractivity contribution in [3.8, 4) is 5.75 Å². The lowest BCUT2D eigenvalue weighted by atomic mass is 9.98. The van der Waals surface area contributed by atoms with Gasteiger partial charge >= 0.3 is 0 Å². The van der Waals surface area contributed by atoms with Crippen LogP contribution in [0.3, 0.4) is 0 Å². The highest BCUT2D eigenvalue weighted by atomic mass is 16.7. The summed E-state index contributed by atoms with van der Waals surface area (Å²) in [7, 11) is 0. The molecule has 14 nitrogen and oxygen atoms in total. The number of aliphatic hydroxyl groups excluding tert-OH is 7. The highest BCUT2D eigenvalue weighted by molar-refractivity contribution is 5.36. The van der Waals surface area contributed by atoms with Crippen LogP contribution in [0.25, 0.3) is 0 Å². The molecule has 3 rings (SSSR count). The number of ether oxygens (including phenoxy) is 4. The fraction of sp³-hybridized carbons (Fsp3) is 0.667. The van der Waals surface area contributed by atoms with E-state index >= 15 is 0 Å². The van der Waals surface area contributed by atoms with Gasteiger partial charge in [-0.25, -0.2) is 0 Å². The van der Waals surface area contributed by atoms with Gasteiger partial charge in [0.1, 0.15) is 54.6 Å². The highest BCUT2D eigenvalue weighted by Gasteiger charge is 2.47. The SMILES string of the molecule is O=[N+]([O-])c1ccc(O[C@H]2O[C@H](COC3O[C@H](CO)[C@@H](O)[C@H](O)[C@H]3O)[C@@H](O)[C@H](O)[C@H]2O)cc1. The molecule has 10 atom stereocenters. The van der Waals surface area contributed by atoms with E-state index in [0.717, 1.165) is 12.1 Å². The minimum Gasteiger partial charge on any atom is -0.462 e. The summed E-state index contributed by atoms with van der Waals surface area (Å²) in [5.74, 6) is 0.0804. The van der Waals surface area contributed by atoms with Crippen molar-refractivity contribution >= 4 is 5.69 Å². The second-order valence-corrected chi connectivity index (χ2v) is 7.41. The van der Waals surface area contributed by atoms with E-state index in [1.54, 1.807) is 0 Å². The lowest BCUT2D eigenvalue weighted by Gasteiger charge is -2.42. The summed E-state index contributed by atoms with van der Waals surface area (Å²) in [5.41, 5.74) is -0.191. The van der Waals surface area contributed by atoms with Crippen LogP contribution in [0.4, 0.5) is 5.69 Å². The van der Waals surface area contributed by atoms with Gasteiger partial charge in [0.05, 0.1) is 18.1 Å². The number of rotatable bonds is 7. The normalized spacial score (nSPS) is 40.1. The van der Waals surface area contributed by atoms with Crippen LogP contribution in [0.2, 0.25) is 0 Å². The van der Waals surface area contributed by atoms with Crippen LogP contribution >= 0.6 is 0 Å². The number of benzene rings is 1. The number of hydrogen-bond donors (Lipinski definition) is 7. The minimum absolute atomic E-state index is 0.0804. The Morgan fingerprint density at radius 1 is 0.812 bits per heavy atom. The van der Waals surface area contributed by atoms with E-state index in [4.69, 9.17) is 18.9 Å². The summed E-state index contributed by atoms with van der Waals surface area (Å²) in [6.07, 6.45) is -15.4. The molecule has 14 heteroatoms. The molecule has 2 aliphatic rings. The summed E-state index contributed by atoms with van der Waals surface area (Å²) in [5, 5.41) is 80.1. The molecule has 0 spiro atoms. The number of nitro groups is 1. The van der Waals surface area contributed by atoms with Gasteiger partial charge in [-0.3, -0.25) is 10.1 Å². The molecular weight excluding hydrogens is 438 g/mol. The maximum Gasteiger partial charge on any atom is 0.269 e. The standard InChI is InChI=1S/C18H25NO13/c20-5-9-11(21)13(23)15(25)17(31-9)29-6-10-12(22)14(24)16(26)18(32-10)30-8-3-1-7(2-4-8)19(27)28/h1-4,9-18,20-26H,5-6H2/t9-,10-,11-,12-,13+,14+,15-,16-,17?,18+/m1/s1. The molecule has 2 heterocycles. The number of nitrogens with zero attached hydrogens (tertiary/aromatic N) is 1. The van der Waals surface area contributed by atoms with Crippen LogP contribution in [0.5, 0.6) is 5.75 Å². The number of hydrogen-bond acceptors (Lipinski definition) is 13. The molecule has 32 heavy (non-hydrogen) atoms. The van der Waals surface area contributed by atoms with E-state index in [9.17, 15) is 45.9 Å². The van der Waals surface area contributed by atoms with E-state index in [1.807, 2.05) is 0 Å². The average Bonchev–Trinajstić information content (AvgIpc) is 2.78. The third-order valence-corrected chi connectivity index (χ3v) is 5.24. The second-order valence-electron chi connectivity index (χ2n) is 7.41. The first-order valence-electron chi connectivity index (χ1n) is 9.67. The monoisotopic (exact) mass is 463 g/mol. The molecule has 0 radical (unpaired) electrons. The van der Waals surface area contributed by atoms with Crippen molar-refractivity contribution in [2.75, 3.05) is 13.2 Å². The Kier molecular flexibility index (Phi) is 7.94. The van der Waals surface area contributed by atoms with E-state index in [2.05, 4.69) is 0 Å². The Bertz CT molecular complexity index is 762. The first kappa shape index (κ1) is 24.7. The fourth-order valence-corrected chi connectivity index (χ4v) is 3.33. The Hall–Kier alpha value is -1.98. The Labute approximate surface area is 180 Å². The van der Waals surface area contributed by atoms with E-state index in [1.165, 1.54) is 12.1 Å². The van der Waals surface area contributed by atoms with Gasteiger partial charge in [0.15, 0.2) is 6.29 Å². The van der Waals surface area contributed by atoms with Gasteiger partial charge in [-0.05, 0) is 12.1 Å². The second kappa shape index (κ2) is 10.3. The third-order valence-electron chi connectivity index (χ3n) is 5.24. The molecule has 2 saturated heterocycles. The van der Waals surface area contributed by atoms with Crippen LogP contribution in [-0.4, -0.2) is 115 Å². The molecule has 0 aromatic heterocycles. The molecule has 2 fully saturated rings. The van der Waals surface area contributed by atoms with Crippen molar-refractivity contribution in [3.63, 3.8) is 0 Å². The van der Waals surface area contributed by atoms with Gasteiger partial charge in [0.25, 0.3) is 5.69 Å². The van der Waals surface area contributed by atoms with Crippen molar-refractivity contribution in [2.24, 2.45) is 0 Å². The van der Waals surface area contributed by atoms with Crippen LogP contribution in [0.1, 0.15) is 0 Å². The highest BCUT2D eigenvalue weighted by Crippen LogP contribution is 2.27. The summed E-state index contributed by atoms with van der Waals surface area (Å²) in [6, 6.07) is 4.83. The zero-order chi connectivity index (χ0) is 23.6. The topological polar surface area (TPSA) is 222 Å². The van der Waals surface area contributed by atoms with Crippen molar-refractivity contribution < 1.29 is 59.6 Å². The van der Waals surface area contributed by atoms with Crippen LogP contribution < -0.4 is 4.74 Å². The van der Waals surface area contributed by atoms with Crippen molar-refractivity contribution in [1.29, 1.82) is 0 Å². The van der Waals surface area contributed by atoms with Crippen LogP contribution in [-0.2, 0) is 14.2 Å². The summed E-state index contributed by atoms with van der Waals surface area (Å²) >= 11 is 0. The molecule has 1 aromatic carbocycles. The molecule has 0 bridgehead atoms. The largest absolute Gasteiger partial charge is 0.462 e. The molecule has 0 amide bonds. The van der Waals surface area contributed by atoms with E-state index in [0.29, 0.717) is 0 Å². The Morgan fingerprint density at radius 2 is 1.34 bits per heavy atom. The van der Waals surface area contributed by atoms with Crippen molar-refractivity contribution in [3.05, 3.63) is 34.4 Å². The molecule has 7 N–H and O–H groups in total. The molecule has 2 aliphatic heterocycles. The van der Waals surface area contributed by atoms with E-state index < -0.39 is 79.5 Å². The number of aliphatic hydroxyl groups is 7. The minimum atomic E-state index is -1.71. The average molecular weight is 463 g/mol. The zero-order valence-corrected chi connectivity index (χ0v) is 16.5. The van der Waals surface area contributed by atoms with Gasteiger partial charge in [0, 0.05) is 12.1 Å². The first-order valence-corrected chi connectivity index (χ1v) is 9.67. The number of non-ortho nitro benzene ring substituents is 1. The predicted molar refractivity (Wildman–Crippen MR) is 100 cm³/mol. The Morgan fingerprint density at radius 3 is 1.91 bits per heavy atom. The van der Waals surface area contributed by atoms with E-state index in [-0.39, 0.29) is 11.4 Å². The number of nitro benzene ring substituents is 1. The Balaban J connectivity index is 1.64. The molecule has 180 valence electrons. The van der Waals surface area contributed by atoms with Crippen molar-refractivity contribution in [1.82, 2.24) is 0 Å². The zero-order valence-electron chi connectivity index (χ0n) is 16.5. The maximum absolute atomic E-state index is 10.7. The lowest BCUT2D eigenvalue weighted by Crippen LogP contribution is -2.62. The quantitative estimate of drug-likeness (QED) is 0.155. The van der Waals surface area contributed by atoms with Crippen molar-refractivity contribution in [2.45, 2.75) is 61.4 Å². The summed E-state index contributed by atoms with van der Waals surface area (Å²) in [4.78, 5) is 10.1. The van der Waals surface area contributed by atoms with Gasteiger partial charge in [0.2, 0.25) is 6.29 Å². The molecule has 0 saturated carbocycles. The van der Waals surface area contributed by atoms with Gasteiger partial charge in [-0.2, -0.15) is 0 Å². The summed E-state index contributed by atoms with van der Waals surface area (Å²) < 4.78 is 21.4. The smallest absolute Gasteiger partial charge is 0.269 e. The predicted octanol–water partition coefficient (Wildman–Crippen LogP) is -3.40. The van der Waals surface area contributed by atoms with Gasteiger partial charge < -0.3 is 54.7 Å². The molecule has 1 unspecified atom stereocenters. The van der Waals surface area contributed by atoms with Gasteiger partial charge in [-0.15, -0.1) is 0 Å².